The smallest absolute Gasteiger partial charge is 0.419 e. The molecule has 0 aliphatic carbocycles. The molecule has 1 atom stereocenters. The molecule has 1 aliphatic rings. The van der Waals surface area contributed by atoms with Crippen LogP contribution in [0.25, 0.3) is 0 Å². The minimum absolute atomic E-state index is 0.0556. The lowest BCUT2D eigenvalue weighted by Gasteiger charge is -2.34. The SMILES string of the molecule is CCOc1ccccc1OCC(=O)NNC(=O)C1CCCN(c2ncccc2C(F)(F)F)C1. The van der Waals surface area contributed by atoms with Gasteiger partial charge in [0.05, 0.1) is 18.1 Å². The summed E-state index contributed by atoms with van der Waals surface area (Å²) in [5.74, 6) is -1.01. The van der Waals surface area contributed by atoms with Gasteiger partial charge >= 0.3 is 6.18 Å². The number of benzene rings is 1. The molecule has 1 saturated heterocycles. The van der Waals surface area contributed by atoms with E-state index < -0.39 is 29.5 Å². The summed E-state index contributed by atoms with van der Waals surface area (Å²) < 4.78 is 50.8. The highest BCUT2D eigenvalue weighted by Gasteiger charge is 2.37. The fourth-order valence-corrected chi connectivity index (χ4v) is 3.51. The fraction of sp³-hybridized carbons (Fsp3) is 0.409. The molecular formula is C22H25F3N4O4. The van der Waals surface area contributed by atoms with Crippen molar-refractivity contribution in [1.29, 1.82) is 0 Å². The lowest BCUT2D eigenvalue weighted by molar-refractivity contribution is -0.137. The predicted molar refractivity (Wildman–Crippen MR) is 114 cm³/mol. The minimum Gasteiger partial charge on any atom is -0.490 e. The second-order valence-corrected chi connectivity index (χ2v) is 7.36. The van der Waals surface area contributed by atoms with Gasteiger partial charge in [0.25, 0.3) is 5.91 Å². The van der Waals surface area contributed by atoms with Gasteiger partial charge in [-0.15, -0.1) is 0 Å². The molecule has 1 unspecified atom stereocenters. The summed E-state index contributed by atoms with van der Waals surface area (Å²) in [7, 11) is 0. The van der Waals surface area contributed by atoms with E-state index in [0.717, 1.165) is 6.07 Å². The van der Waals surface area contributed by atoms with Crippen LogP contribution in [-0.4, -0.2) is 43.1 Å². The van der Waals surface area contributed by atoms with Crippen molar-refractivity contribution in [3.05, 3.63) is 48.2 Å². The first-order chi connectivity index (χ1) is 15.8. The van der Waals surface area contributed by atoms with Crippen LogP contribution in [0, 0.1) is 5.92 Å². The summed E-state index contributed by atoms with van der Waals surface area (Å²) in [6, 6.07) is 9.06. The molecule has 0 bridgehead atoms. The van der Waals surface area contributed by atoms with Crippen LogP contribution in [-0.2, 0) is 15.8 Å². The van der Waals surface area contributed by atoms with Gasteiger partial charge in [0.1, 0.15) is 5.82 Å². The van der Waals surface area contributed by atoms with E-state index in [4.69, 9.17) is 9.47 Å². The summed E-state index contributed by atoms with van der Waals surface area (Å²) in [5.41, 5.74) is 3.76. The lowest BCUT2D eigenvalue weighted by atomic mass is 9.97. The first-order valence-electron chi connectivity index (χ1n) is 10.5. The molecule has 1 aromatic heterocycles. The molecule has 33 heavy (non-hydrogen) atoms. The van der Waals surface area contributed by atoms with Crippen LogP contribution in [0.4, 0.5) is 19.0 Å². The number of amides is 2. The Bertz CT molecular complexity index is 971. The molecule has 1 aromatic carbocycles. The number of carbonyl (C=O) groups is 2. The summed E-state index contributed by atoms with van der Waals surface area (Å²) >= 11 is 0. The Morgan fingerprint density at radius 2 is 1.85 bits per heavy atom. The van der Waals surface area contributed by atoms with Gasteiger partial charge in [-0.3, -0.25) is 20.4 Å². The molecule has 0 spiro atoms. The molecule has 3 rings (SSSR count). The molecular weight excluding hydrogens is 441 g/mol. The number of rotatable bonds is 7. The van der Waals surface area contributed by atoms with Gasteiger partial charge in [0.2, 0.25) is 5.91 Å². The Labute approximate surface area is 189 Å². The van der Waals surface area contributed by atoms with Crippen LogP contribution >= 0.6 is 0 Å². The number of hydrogen-bond donors (Lipinski definition) is 2. The Morgan fingerprint density at radius 3 is 2.55 bits per heavy atom. The maximum Gasteiger partial charge on any atom is 0.419 e. The standard InChI is InChI=1S/C22H25F3N4O4/c1-2-32-17-9-3-4-10-18(17)33-14-19(30)27-28-21(31)15-7-6-12-29(13-15)20-16(22(23,24)25)8-5-11-26-20/h3-5,8-11,15H,2,6-7,12-14H2,1H3,(H,27,30)(H,28,31). The topological polar surface area (TPSA) is 92.8 Å². The average Bonchev–Trinajstić information content (AvgIpc) is 2.81. The lowest BCUT2D eigenvalue weighted by Crippen LogP contribution is -2.50. The van der Waals surface area contributed by atoms with E-state index in [-0.39, 0.29) is 19.0 Å². The summed E-state index contributed by atoms with van der Waals surface area (Å²) in [6.07, 6.45) is -2.27. The number of piperidine rings is 1. The maximum absolute atomic E-state index is 13.3. The summed E-state index contributed by atoms with van der Waals surface area (Å²) in [5, 5.41) is 0. The normalized spacial score (nSPS) is 16.1. The van der Waals surface area contributed by atoms with Crippen molar-refractivity contribution in [2.45, 2.75) is 25.9 Å². The molecule has 1 fully saturated rings. The van der Waals surface area contributed by atoms with Crippen LogP contribution in [0.3, 0.4) is 0 Å². The number of anilines is 1. The van der Waals surface area contributed by atoms with Crippen LogP contribution in [0.5, 0.6) is 11.5 Å². The van der Waals surface area contributed by atoms with Crippen LogP contribution < -0.4 is 25.2 Å². The number of aromatic nitrogens is 1. The van der Waals surface area contributed by atoms with E-state index in [1.165, 1.54) is 17.2 Å². The summed E-state index contributed by atoms with van der Waals surface area (Å²) in [4.78, 5) is 29.9. The monoisotopic (exact) mass is 466 g/mol. The van der Waals surface area contributed by atoms with Gasteiger partial charge < -0.3 is 14.4 Å². The molecule has 8 nitrogen and oxygen atoms in total. The third-order valence-corrected chi connectivity index (χ3v) is 5.02. The highest BCUT2D eigenvalue weighted by molar-refractivity contribution is 5.84. The van der Waals surface area contributed by atoms with E-state index in [9.17, 15) is 22.8 Å². The van der Waals surface area contributed by atoms with Gasteiger partial charge in [0.15, 0.2) is 18.1 Å². The van der Waals surface area contributed by atoms with Gasteiger partial charge in [-0.2, -0.15) is 13.2 Å². The minimum atomic E-state index is -4.55. The van der Waals surface area contributed by atoms with E-state index >= 15 is 0 Å². The van der Waals surface area contributed by atoms with E-state index in [1.54, 1.807) is 24.3 Å². The molecule has 11 heteroatoms. The number of alkyl halides is 3. The zero-order valence-electron chi connectivity index (χ0n) is 18.0. The number of halogens is 3. The number of ether oxygens (including phenoxy) is 2. The van der Waals surface area contributed by atoms with Crippen molar-refractivity contribution < 1.29 is 32.2 Å². The van der Waals surface area contributed by atoms with Gasteiger partial charge in [0, 0.05) is 19.3 Å². The van der Waals surface area contributed by atoms with Crippen LogP contribution in [0.1, 0.15) is 25.3 Å². The predicted octanol–water partition coefficient (Wildman–Crippen LogP) is 2.94. The van der Waals surface area contributed by atoms with Crippen molar-refractivity contribution in [2.75, 3.05) is 31.2 Å². The average molecular weight is 466 g/mol. The van der Waals surface area contributed by atoms with E-state index in [2.05, 4.69) is 15.8 Å². The quantitative estimate of drug-likeness (QED) is 0.610. The Kier molecular flexibility index (Phi) is 7.96. The zero-order chi connectivity index (χ0) is 23.8. The highest BCUT2D eigenvalue weighted by atomic mass is 19.4. The maximum atomic E-state index is 13.3. The van der Waals surface area contributed by atoms with Crippen LogP contribution in [0.15, 0.2) is 42.6 Å². The Morgan fingerprint density at radius 1 is 1.12 bits per heavy atom. The molecule has 1 aliphatic heterocycles. The van der Waals surface area contributed by atoms with Crippen molar-refractivity contribution in [1.82, 2.24) is 15.8 Å². The number of pyridine rings is 1. The third-order valence-electron chi connectivity index (χ3n) is 5.02. The first-order valence-corrected chi connectivity index (χ1v) is 10.5. The van der Waals surface area contributed by atoms with E-state index in [0.29, 0.717) is 37.5 Å². The second kappa shape index (κ2) is 10.9. The van der Waals surface area contributed by atoms with Gasteiger partial charge in [-0.1, -0.05) is 12.1 Å². The van der Waals surface area contributed by atoms with Crippen molar-refractivity contribution >= 4 is 17.6 Å². The molecule has 178 valence electrons. The number of hydrazine groups is 1. The zero-order valence-corrected chi connectivity index (χ0v) is 18.0. The number of carbonyl (C=O) groups excluding carboxylic acids is 2. The van der Waals surface area contributed by atoms with Gasteiger partial charge in [-0.05, 0) is 44.0 Å². The van der Waals surface area contributed by atoms with Crippen molar-refractivity contribution in [3.63, 3.8) is 0 Å². The van der Waals surface area contributed by atoms with Crippen LogP contribution in [0.2, 0.25) is 0 Å². The molecule has 0 radical (unpaired) electrons. The highest BCUT2D eigenvalue weighted by Crippen LogP contribution is 2.36. The summed E-state index contributed by atoms with van der Waals surface area (Å²) in [6.45, 7) is 2.31. The van der Waals surface area contributed by atoms with Gasteiger partial charge in [-0.25, -0.2) is 4.98 Å². The Hall–Kier alpha value is -3.50. The fourth-order valence-electron chi connectivity index (χ4n) is 3.51. The third kappa shape index (κ3) is 6.50. The largest absolute Gasteiger partial charge is 0.490 e. The number of nitrogens with zero attached hydrogens (tertiary/aromatic N) is 2. The number of hydrogen-bond acceptors (Lipinski definition) is 6. The molecule has 2 aromatic rings. The first kappa shape index (κ1) is 24.1. The molecule has 0 saturated carbocycles. The number of nitrogens with one attached hydrogen (secondary N) is 2. The Balaban J connectivity index is 1.52. The molecule has 2 N–H and O–H groups in total. The van der Waals surface area contributed by atoms with Crippen molar-refractivity contribution in [2.24, 2.45) is 5.92 Å². The van der Waals surface area contributed by atoms with Crippen molar-refractivity contribution in [3.8, 4) is 11.5 Å². The number of para-hydroxylation sites is 2. The van der Waals surface area contributed by atoms with E-state index in [1.807, 2.05) is 6.92 Å². The molecule has 2 heterocycles. The molecule has 2 amide bonds. The second-order valence-electron chi connectivity index (χ2n) is 7.36.